The van der Waals surface area contributed by atoms with Crippen LogP contribution in [0.3, 0.4) is 0 Å². The summed E-state index contributed by atoms with van der Waals surface area (Å²) in [5.74, 6) is -0.0491. The van der Waals surface area contributed by atoms with Crippen molar-refractivity contribution in [1.82, 2.24) is 5.32 Å². The second-order valence-corrected chi connectivity index (χ2v) is 9.86. The molecule has 0 bridgehead atoms. The van der Waals surface area contributed by atoms with Crippen molar-refractivity contribution in [2.24, 2.45) is 0 Å². The molecule has 1 fully saturated rings. The lowest BCUT2D eigenvalue weighted by molar-refractivity contribution is -0.122. The van der Waals surface area contributed by atoms with E-state index in [1.54, 1.807) is 42.5 Å². The normalized spacial score (nSPS) is 14.1. The van der Waals surface area contributed by atoms with Gasteiger partial charge in [0.1, 0.15) is 36.0 Å². The van der Waals surface area contributed by atoms with Gasteiger partial charge in [0, 0.05) is 21.7 Å². The van der Waals surface area contributed by atoms with Gasteiger partial charge in [-0.2, -0.15) is 0 Å². The van der Waals surface area contributed by atoms with Crippen LogP contribution in [0.1, 0.15) is 16.7 Å². The molecule has 4 aromatic carbocycles. The number of urea groups is 1. The summed E-state index contributed by atoms with van der Waals surface area (Å²) in [6.45, 7) is 0.604. The Labute approximate surface area is 245 Å². The number of methoxy groups -OCH3 is 1. The number of hydrogen-bond acceptors (Lipinski definition) is 6. The topological polar surface area (TPSA) is 94.2 Å². The predicted octanol–water partition coefficient (Wildman–Crippen LogP) is 6.28. The van der Waals surface area contributed by atoms with E-state index in [0.717, 1.165) is 20.5 Å². The zero-order valence-electron chi connectivity index (χ0n) is 22.0. The molecule has 9 heteroatoms. The standard InChI is InChI=1S/C32H25BrN2O6/c1-39-26-14-11-22(29(18-26)41-20-23-9-5-6-10-28(23)33)17-27-30(36)34-32(38)35(31(27)37)24-12-15-25(16-13-24)40-19-21-7-3-2-4-8-21/h2-18H,19-20H2,1H3,(H,34,36,38)/b27-17+. The Morgan fingerprint density at radius 2 is 1.51 bits per heavy atom. The van der Waals surface area contributed by atoms with Crippen LogP contribution in [0.15, 0.2) is 107 Å². The summed E-state index contributed by atoms with van der Waals surface area (Å²) in [6.07, 6.45) is 1.41. The van der Waals surface area contributed by atoms with Gasteiger partial charge in [-0.05, 0) is 54.1 Å². The van der Waals surface area contributed by atoms with Crippen LogP contribution in [0.4, 0.5) is 10.5 Å². The number of benzene rings is 4. The Kier molecular flexibility index (Phi) is 8.45. The first-order valence-corrected chi connectivity index (χ1v) is 13.4. The van der Waals surface area contributed by atoms with Crippen molar-refractivity contribution in [1.29, 1.82) is 0 Å². The van der Waals surface area contributed by atoms with E-state index in [1.165, 1.54) is 13.2 Å². The summed E-state index contributed by atoms with van der Waals surface area (Å²) in [4.78, 5) is 39.9. The van der Waals surface area contributed by atoms with Crippen LogP contribution in [-0.2, 0) is 22.8 Å². The maximum Gasteiger partial charge on any atom is 0.335 e. The molecule has 1 aliphatic heterocycles. The van der Waals surface area contributed by atoms with Gasteiger partial charge in [-0.3, -0.25) is 14.9 Å². The third kappa shape index (κ3) is 6.47. The van der Waals surface area contributed by atoms with Crippen molar-refractivity contribution >= 4 is 45.5 Å². The highest BCUT2D eigenvalue weighted by Gasteiger charge is 2.37. The third-order valence-electron chi connectivity index (χ3n) is 6.31. The molecule has 0 spiro atoms. The molecule has 0 aromatic heterocycles. The molecule has 206 valence electrons. The Morgan fingerprint density at radius 3 is 2.24 bits per heavy atom. The second kappa shape index (κ2) is 12.5. The predicted molar refractivity (Wildman–Crippen MR) is 158 cm³/mol. The first kappa shape index (κ1) is 27.7. The fourth-order valence-electron chi connectivity index (χ4n) is 4.14. The van der Waals surface area contributed by atoms with E-state index in [4.69, 9.17) is 14.2 Å². The molecule has 8 nitrogen and oxygen atoms in total. The minimum absolute atomic E-state index is 0.218. The number of nitrogens with zero attached hydrogens (tertiary/aromatic N) is 1. The van der Waals surface area contributed by atoms with Gasteiger partial charge in [-0.1, -0.05) is 64.5 Å². The molecule has 41 heavy (non-hydrogen) atoms. The van der Waals surface area contributed by atoms with Crippen molar-refractivity contribution in [2.45, 2.75) is 13.2 Å². The van der Waals surface area contributed by atoms with Crippen molar-refractivity contribution in [3.05, 3.63) is 124 Å². The summed E-state index contributed by atoms with van der Waals surface area (Å²) >= 11 is 3.51. The summed E-state index contributed by atoms with van der Waals surface area (Å²) in [5, 5.41) is 2.25. The highest BCUT2D eigenvalue weighted by molar-refractivity contribution is 9.10. The fourth-order valence-corrected chi connectivity index (χ4v) is 4.54. The first-order valence-electron chi connectivity index (χ1n) is 12.7. The van der Waals surface area contributed by atoms with Crippen molar-refractivity contribution in [3.63, 3.8) is 0 Å². The summed E-state index contributed by atoms with van der Waals surface area (Å²) in [7, 11) is 1.53. The number of nitrogens with one attached hydrogen (secondary N) is 1. The molecule has 0 unspecified atom stereocenters. The van der Waals surface area contributed by atoms with E-state index in [-0.39, 0.29) is 17.9 Å². The number of anilines is 1. The van der Waals surface area contributed by atoms with Gasteiger partial charge in [0.25, 0.3) is 11.8 Å². The van der Waals surface area contributed by atoms with Gasteiger partial charge in [-0.25, -0.2) is 9.69 Å². The van der Waals surface area contributed by atoms with Crippen LogP contribution in [0, 0.1) is 0 Å². The summed E-state index contributed by atoms with van der Waals surface area (Å²) in [6, 6.07) is 28.0. The molecule has 4 amide bonds. The highest BCUT2D eigenvalue weighted by Crippen LogP contribution is 2.30. The van der Waals surface area contributed by atoms with Crippen LogP contribution in [0.5, 0.6) is 17.2 Å². The van der Waals surface area contributed by atoms with E-state index < -0.39 is 17.8 Å². The summed E-state index contributed by atoms with van der Waals surface area (Å²) < 4.78 is 18.1. The molecule has 5 rings (SSSR count). The van der Waals surface area contributed by atoms with Crippen molar-refractivity contribution < 1.29 is 28.6 Å². The minimum atomic E-state index is -0.838. The molecule has 0 radical (unpaired) electrons. The van der Waals surface area contributed by atoms with Crippen LogP contribution in [0.25, 0.3) is 6.08 Å². The van der Waals surface area contributed by atoms with Gasteiger partial charge >= 0.3 is 6.03 Å². The minimum Gasteiger partial charge on any atom is -0.497 e. The Morgan fingerprint density at radius 1 is 0.805 bits per heavy atom. The number of carbonyl (C=O) groups excluding carboxylic acids is 3. The second-order valence-electron chi connectivity index (χ2n) is 9.01. The molecule has 0 saturated carbocycles. The molecule has 0 atom stereocenters. The number of imide groups is 2. The molecule has 1 N–H and O–H groups in total. The van der Waals surface area contributed by atoms with Crippen LogP contribution in [0.2, 0.25) is 0 Å². The SMILES string of the molecule is COc1ccc(/C=C2\C(=O)NC(=O)N(c3ccc(OCc4ccccc4)cc3)C2=O)c(OCc2ccccc2Br)c1. The number of carbonyl (C=O) groups is 3. The zero-order valence-corrected chi connectivity index (χ0v) is 23.6. The lowest BCUT2D eigenvalue weighted by Crippen LogP contribution is -2.54. The van der Waals surface area contributed by atoms with Gasteiger partial charge in [0.05, 0.1) is 12.8 Å². The summed E-state index contributed by atoms with van der Waals surface area (Å²) in [5.41, 5.74) is 2.46. The fraction of sp³-hybridized carbons (Fsp3) is 0.0938. The first-order chi connectivity index (χ1) is 19.9. The van der Waals surface area contributed by atoms with Crippen LogP contribution >= 0.6 is 15.9 Å². The van der Waals surface area contributed by atoms with Gasteiger partial charge < -0.3 is 14.2 Å². The number of amides is 4. The van der Waals surface area contributed by atoms with E-state index in [9.17, 15) is 14.4 Å². The molecule has 4 aromatic rings. The van der Waals surface area contributed by atoms with Gasteiger partial charge in [0.2, 0.25) is 0 Å². The Hall–Kier alpha value is -4.89. The molecule has 1 saturated heterocycles. The third-order valence-corrected chi connectivity index (χ3v) is 7.08. The zero-order chi connectivity index (χ0) is 28.8. The Bertz CT molecular complexity index is 1620. The molecule has 0 aliphatic carbocycles. The number of rotatable bonds is 9. The van der Waals surface area contributed by atoms with Gasteiger partial charge in [-0.15, -0.1) is 0 Å². The quantitative estimate of drug-likeness (QED) is 0.176. The lowest BCUT2D eigenvalue weighted by atomic mass is 10.1. The smallest absolute Gasteiger partial charge is 0.335 e. The largest absolute Gasteiger partial charge is 0.497 e. The molecule has 1 aliphatic rings. The van der Waals surface area contributed by atoms with E-state index in [1.807, 2.05) is 54.6 Å². The number of hydrogen-bond donors (Lipinski definition) is 1. The van der Waals surface area contributed by atoms with E-state index >= 15 is 0 Å². The molecule has 1 heterocycles. The van der Waals surface area contributed by atoms with Crippen LogP contribution < -0.4 is 24.4 Å². The van der Waals surface area contributed by atoms with Crippen molar-refractivity contribution in [3.8, 4) is 17.2 Å². The van der Waals surface area contributed by atoms with E-state index in [0.29, 0.717) is 29.4 Å². The average molecular weight is 613 g/mol. The van der Waals surface area contributed by atoms with Crippen molar-refractivity contribution in [2.75, 3.05) is 12.0 Å². The number of barbiturate groups is 1. The lowest BCUT2D eigenvalue weighted by Gasteiger charge is -2.26. The van der Waals surface area contributed by atoms with Crippen LogP contribution in [-0.4, -0.2) is 25.0 Å². The highest BCUT2D eigenvalue weighted by atomic mass is 79.9. The maximum absolute atomic E-state index is 13.5. The number of ether oxygens (including phenoxy) is 3. The average Bonchev–Trinajstić information content (AvgIpc) is 2.99. The van der Waals surface area contributed by atoms with E-state index in [2.05, 4.69) is 21.2 Å². The Balaban J connectivity index is 1.38. The molecular weight excluding hydrogens is 588 g/mol. The molecular formula is C32H25BrN2O6. The monoisotopic (exact) mass is 612 g/mol. The number of halogens is 1. The van der Waals surface area contributed by atoms with Gasteiger partial charge in [0.15, 0.2) is 0 Å². The maximum atomic E-state index is 13.5.